The van der Waals surface area contributed by atoms with Crippen LogP contribution in [0.15, 0.2) is 60.0 Å². The number of benzene rings is 2. The summed E-state index contributed by atoms with van der Waals surface area (Å²) in [6, 6.07) is 12.7. The maximum Gasteiger partial charge on any atom is 0.253 e. The number of amides is 2. The highest BCUT2D eigenvalue weighted by Crippen LogP contribution is 2.26. The van der Waals surface area contributed by atoms with Gasteiger partial charge in [0.1, 0.15) is 0 Å². The van der Waals surface area contributed by atoms with Gasteiger partial charge >= 0.3 is 0 Å². The first-order chi connectivity index (χ1) is 14.9. The smallest absolute Gasteiger partial charge is 0.253 e. The highest BCUT2D eigenvalue weighted by atomic mass is 35.5. The number of carbonyl (C=O) groups excluding carboxylic acids is 2. The topological polar surface area (TPSA) is 67.2 Å². The van der Waals surface area contributed by atoms with E-state index in [1.807, 2.05) is 49.7 Å². The van der Waals surface area contributed by atoms with E-state index in [1.165, 1.54) is 11.8 Å². The van der Waals surface area contributed by atoms with E-state index in [9.17, 15) is 9.59 Å². The van der Waals surface area contributed by atoms with Crippen LogP contribution in [0.5, 0.6) is 0 Å². The minimum absolute atomic E-state index is 0.0469. The Morgan fingerprint density at radius 1 is 1.16 bits per heavy atom. The highest BCUT2D eigenvalue weighted by Gasteiger charge is 2.14. The molecule has 0 bridgehead atoms. The van der Waals surface area contributed by atoms with Crippen LogP contribution in [-0.2, 0) is 4.79 Å². The maximum atomic E-state index is 12.5. The molecule has 31 heavy (non-hydrogen) atoms. The molecule has 3 aromatic rings. The van der Waals surface area contributed by atoms with Crippen molar-refractivity contribution in [1.82, 2.24) is 14.5 Å². The second-order valence-corrected chi connectivity index (χ2v) is 8.21. The quantitative estimate of drug-likeness (QED) is 0.482. The lowest BCUT2D eigenvalue weighted by Gasteiger charge is -2.19. The minimum Gasteiger partial charge on any atom is -0.339 e. The van der Waals surface area contributed by atoms with Crippen LogP contribution in [0.4, 0.5) is 5.69 Å². The second-order valence-electron chi connectivity index (χ2n) is 6.86. The molecule has 0 saturated heterocycles. The van der Waals surface area contributed by atoms with Crippen LogP contribution < -0.4 is 5.32 Å². The van der Waals surface area contributed by atoms with Crippen molar-refractivity contribution in [3.05, 3.63) is 71.0 Å². The molecule has 0 unspecified atom stereocenters. The zero-order valence-electron chi connectivity index (χ0n) is 17.8. The van der Waals surface area contributed by atoms with Crippen LogP contribution in [0.2, 0.25) is 5.02 Å². The molecule has 0 atom stereocenters. The predicted octanol–water partition coefficient (Wildman–Crippen LogP) is 5.05. The molecule has 3 rings (SSSR count). The van der Waals surface area contributed by atoms with E-state index >= 15 is 0 Å². The van der Waals surface area contributed by atoms with E-state index in [4.69, 9.17) is 11.6 Å². The van der Waals surface area contributed by atoms with E-state index in [-0.39, 0.29) is 17.6 Å². The van der Waals surface area contributed by atoms with E-state index in [1.54, 1.807) is 35.4 Å². The second kappa shape index (κ2) is 10.5. The molecule has 6 nitrogen and oxygen atoms in total. The molecule has 8 heteroatoms. The van der Waals surface area contributed by atoms with Crippen molar-refractivity contribution < 1.29 is 9.59 Å². The van der Waals surface area contributed by atoms with Gasteiger partial charge in [0.15, 0.2) is 5.16 Å². The molecule has 1 aromatic heterocycles. The average Bonchev–Trinajstić information content (AvgIpc) is 3.23. The van der Waals surface area contributed by atoms with Gasteiger partial charge in [-0.1, -0.05) is 35.5 Å². The summed E-state index contributed by atoms with van der Waals surface area (Å²) >= 11 is 7.58. The van der Waals surface area contributed by atoms with Crippen LogP contribution in [0, 0.1) is 6.92 Å². The molecule has 0 aliphatic rings. The van der Waals surface area contributed by atoms with Gasteiger partial charge in [0.2, 0.25) is 5.91 Å². The van der Waals surface area contributed by atoms with Crippen LogP contribution in [0.25, 0.3) is 5.69 Å². The van der Waals surface area contributed by atoms with Gasteiger partial charge in [0.25, 0.3) is 5.91 Å². The Hall–Kier alpha value is -2.77. The number of anilines is 1. The molecule has 0 spiro atoms. The van der Waals surface area contributed by atoms with Crippen LogP contribution >= 0.6 is 23.4 Å². The Kier molecular flexibility index (Phi) is 7.76. The summed E-state index contributed by atoms with van der Waals surface area (Å²) in [7, 11) is 0. The van der Waals surface area contributed by atoms with Crippen molar-refractivity contribution in [3.63, 3.8) is 0 Å². The highest BCUT2D eigenvalue weighted by molar-refractivity contribution is 7.99. The number of carbonyl (C=O) groups is 2. The summed E-state index contributed by atoms with van der Waals surface area (Å²) in [5.74, 6) is -0.0330. The Labute approximate surface area is 191 Å². The van der Waals surface area contributed by atoms with Crippen molar-refractivity contribution in [2.75, 3.05) is 24.2 Å². The molecule has 0 radical (unpaired) electrons. The van der Waals surface area contributed by atoms with Crippen LogP contribution in [0.3, 0.4) is 0 Å². The number of hydrogen-bond donors (Lipinski definition) is 1. The number of nitrogens with zero attached hydrogens (tertiary/aromatic N) is 3. The number of halogens is 1. The third kappa shape index (κ3) is 5.48. The first-order valence-electron chi connectivity index (χ1n) is 10.0. The standard InChI is InChI=1S/C23H25ClN4O2S/c1-4-27(5-2)22(30)17-8-6-9-18(14-17)26-21(29)15-31-23-25-12-13-28(23)20-11-7-10-19(24)16(20)3/h6-14H,4-5,15H2,1-3H3,(H,26,29). The first kappa shape index (κ1) is 22.9. The van der Waals surface area contributed by atoms with Crippen LogP contribution in [-0.4, -0.2) is 45.1 Å². The molecule has 1 N–H and O–H groups in total. The fraction of sp³-hybridized carbons (Fsp3) is 0.261. The Bertz CT molecular complexity index is 1080. The zero-order valence-corrected chi connectivity index (χ0v) is 19.3. The molecular weight excluding hydrogens is 432 g/mol. The number of imidazole rings is 1. The largest absolute Gasteiger partial charge is 0.339 e. The summed E-state index contributed by atoms with van der Waals surface area (Å²) in [6.07, 6.45) is 3.55. The average molecular weight is 457 g/mol. The normalized spacial score (nSPS) is 10.7. The lowest BCUT2D eigenvalue weighted by Crippen LogP contribution is -2.30. The van der Waals surface area contributed by atoms with Crippen molar-refractivity contribution in [3.8, 4) is 5.69 Å². The number of rotatable bonds is 8. The van der Waals surface area contributed by atoms with Gasteiger partial charge in [-0.25, -0.2) is 4.98 Å². The van der Waals surface area contributed by atoms with Crippen molar-refractivity contribution in [2.45, 2.75) is 25.9 Å². The third-order valence-corrected chi connectivity index (χ3v) is 6.26. The van der Waals surface area contributed by atoms with E-state index in [0.29, 0.717) is 34.5 Å². The Balaban J connectivity index is 1.66. The third-order valence-electron chi connectivity index (χ3n) is 4.88. The molecule has 162 valence electrons. The number of thioether (sulfide) groups is 1. The SMILES string of the molecule is CCN(CC)C(=O)c1cccc(NC(=O)CSc2nccn2-c2cccc(Cl)c2C)c1. The Morgan fingerprint density at radius 3 is 2.65 bits per heavy atom. The van der Waals surface area contributed by atoms with Crippen molar-refractivity contribution in [1.29, 1.82) is 0 Å². The number of aromatic nitrogens is 2. The molecular formula is C23H25ClN4O2S. The van der Waals surface area contributed by atoms with Gasteiger partial charge in [-0.3, -0.25) is 14.2 Å². The predicted molar refractivity (Wildman–Crippen MR) is 126 cm³/mol. The first-order valence-corrected chi connectivity index (χ1v) is 11.4. The van der Waals surface area contributed by atoms with Gasteiger partial charge in [-0.2, -0.15) is 0 Å². The zero-order chi connectivity index (χ0) is 22.4. The van der Waals surface area contributed by atoms with Gasteiger partial charge < -0.3 is 10.2 Å². The van der Waals surface area contributed by atoms with E-state index in [2.05, 4.69) is 10.3 Å². The monoisotopic (exact) mass is 456 g/mol. The summed E-state index contributed by atoms with van der Waals surface area (Å²) in [6.45, 7) is 7.12. The van der Waals surface area contributed by atoms with Gasteiger partial charge in [-0.05, 0) is 56.7 Å². The van der Waals surface area contributed by atoms with E-state index < -0.39 is 0 Å². The van der Waals surface area contributed by atoms with Gasteiger partial charge in [0.05, 0.1) is 11.4 Å². The van der Waals surface area contributed by atoms with Crippen molar-refractivity contribution in [2.24, 2.45) is 0 Å². The molecule has 1 heterocycles. The van der Waals surface area contributed by atoms with Crippen LogP contribution in [0.1, 0.15) is 29.8 Å². The minimum atomic E-state index is -0.171. The van der Waals surface area contributed by atoms with E-state index in [0.717, 1.165) is 11.3 Å². The lowest BCUT2D eigenvalue weighted by atomic mass is 10.1. The van der Waals surface area contributed by atoms with Crippen molar-refractivity contribution >= 4 is 40.9 Å². The summed E-state index contributed by atoms with van der Waals surface area (Å²) in [5, 5.41) is 4.25. The Morgan fingerprint density at radius 2 is 1.90 bits per heavy atom. The maximum absolute atomic E-state index is 12.5. The molecule has 0 aliphatic carbocycles. The van der Waals surface area contributed by atoms with Gasteiger partial charge in [-0.15, -0.1) is 0 Å². The molecule has 0 saturated carbocycles. The number of nitrogens with one attached hydrogen (secondary N) is 1. The fourth-order valence-electron chi connectivity index (χ4n) is 3.19. The molecule has 0 fully saturated rings. The molecule has 2 amide bonds. The molecule has 2 aromatic carbocycles. The summed E-state index contributed by atoms with van der Waals surface area (Å²) < 4.78 is 1.92. The lowest BCUT2D eigenvalue weighted by molar-refractivity contribution is -0.113. The fourth-order valence-corrected chi connectivity index (χ4v) is 4.12. The number of hydrogen-bond acceptors (Lipinski definition) is 4. The van der Waals surface area contributed by atoms with Gasteiger partial charge in [0, 0.05) is 41.8 Å². The molecule has 0 aliphatic heterocycles. The summed E-state index contributed by atoms with van der Waals surface area (Å²) in [4.78, 5) is 31.2. The summed E-state index contributed by atoms with van der Waals surface area (Å²) in [5.41, 5.74) is 3.03.